The van der Waals surface area contributed by atoms with Crippen molar-refractivity contribution in [2.45, 2.75) is 13.0 Å². The first-order valence-corrected chi connectivity index (χ1v) is 4.21. The molecular weight excluding hydrogens is 198 g/mol. The molecule has 0 aliphatic heterocycles. The molecule has 0 bridgehead atoms. The van der Waals surface area contributed by atoms with E-state index >= 15 is 0 Å². The van der Waals surface area contributed by atoms with Crippen molar-refractivity contribution in [3.05, 3.63) is 42.0 Å². The normalized spacial score (nSPS) is 11.4. The molecule has 0 aromatic heterocycles. The van der Waals surface area contributed by atoms with Crippen LogP contribution >= 0.6 is 12.4 Å². The van der Waals surface area contributed by atoms with Crippen molar-refractivity contribution in [2.75, 3.05) is 7.11 Å². The number of methoxy groups -OCH3 is 1. The molecule has 0 fully saturated rings. The highest BCUT2D eigenvalue weighted by Gasteiger charge is 2.05. The van der Waals surface area contributed by atoms with Gasteiger partial charge in [-0.05, 0) is 30.2 Å². The predicted molar refractivity (Wildman–Crippen MR) is 62.1 cm³/mol. The van der Waals surface area contributed by atoms with E-state index in [1.165, 1.54) is 0 Å². The molecule has 1 aromatic carbocycles. The largest absolute Gasteiger partial charge is 0.497 e. The molecule has 0 saturated carbocycles. The Kier molecular flexibility index (Phi) is 5.28. The Bertz CT molecular complexity index is 312. The number of hydrogen-bond acceptors (Lipinski definition) is 2. The van der Waals surface area contributed by atoms with Crippen molar-refractivity contribution in [3.63, 3.8) is 0 Å². The van der Waals surface area contributed by atoms with Gasteiger partial charge < -0.3 is 10.5 Å². The fourth-order valence-corrected chi connectivity index (χ4v) is 1.28. The summed E-state index contributed by atoms with van der Waals surface area (Å²) in [5.74, 6) is 0.859. The first-order chi connectivity index (χ1) is 6.19. The molecule has 1 atom stereocenters. The quantitative estimate of drug-likeness (QED) is 0.784. The lowest BCUT2D eigenvalue weighted by Crippen LogP contribution is -2.08. The van der Waals surface area contributed by atoms with Gasteiger partial charge in [0.2, 0.25) is 0 Å². The van der Waals surface area contributed by atoms with Crippen molar-refractivity contribution in [1.82, 2.24) is 0 Å². The van der Waals surface area contributed by atoms with Gasteiger partial charge in [0.15, 0.2) is 0 Å². The summed E-state index contributed by atoms with van der Waals surface area (Å²) >= 11 is 0. The molecular formula is C11H16ClNO. The maximum Gasteiger partial charge on any atom is 0.119 e. The van der Waals surface area contributed by atoms with Crippen molar-refractivity contribution >= 4 is 12.4 Å². The molecule has 0 radical (unpaired) electrons. The van der Waals surface area contributed by atoms with Gasteiger partial charge in [0, 0.05) is 6.04 Å². The summed E-state index contributed by atoms with van der Waals surface area (Å²) in [4.78, 5) is 0. The zero-order valence-corrected chi connectivity index (χ0v) is 9.30. The second-order valence-corrected chi connectivity index (χ2v) is 2.98. The molecule has 0 heterocycles. The fraction of sp³-hybridized carbons (Fsp3) is 0.273. The fourth-order valence-electron chi connectivity index (χ4n) is 1.28. The number of halogens is 1. The van der Waals surface area contributed by atoms with Crippen molar-refractivity contribution in [1.29, 1.82) is 0 Å². The Hall–Kier alpha value is -0.990. The molecule has 0 unspecified atom stereocenters. The Balaban J connectivity index is 0.00000169. The third-order valence-corrected chi connectivity index (χ3v) is 2.09. The number of hydrogen-bond donors (Lipinski definition) is 1. The summed E-state index contributed by atoms with van der Waals surface area (Å²) in [5, 5.41) is 0. The van der Waals surface area contributed by atoms with Crippen molar-refractivity contribution in [2.24, 2.45) is 5.73 Å². The molecule has 0 aliphatic rings. The smallest absolute Gasteiger partial charge is 0.119 e. The zero-order valence-electron chi connectivity index (χ0n) is 8.49. The lowest BCUT2D eigenvalue weighted by molar-refractivity contribution is 0.414. The first-order valence-electron chi connectivity index (χ1n) is 4.21. The van der Waals surface area contributed by atoms with Crippen LogP contribution in [0.1, 0.15) is 17.2 Å². The first kappa shape index (κ1) is 13.0. The zero-order chi connectivity index (χ0) is 9.84. The topological polar surface area (TPSA) is 35.2 Å². The summed E-state index contributed by atoms with van der Waals surface area (Å²) < 4.78 is 5.10. The molecule has 1 aromatic rings. The predicted octanol–water partition coefficient (Wildman–Crippen LogP) is 2.61. The molecule has 1 rings (SSSR count). The van der Waals surface area contributed by atoms with Gasteiger partial charge in [0.25, 0.3) is 0 Å². The van der Waals surface area contributed by atoms with E-state index in [0.717, 1.165) is 16.9 Å². The number of benzene rings is 1. The van der Waals surface area contributed by atoms with Crippen LogP contribution in [0.5, 0.6) is 5.75 Å². The summed E-state index contributed by atoms with van der Waals surface area (Å²) in [5.41, 5.74) is 8.05. The van der Waals surface area contributed by atoms with Crippen LogP contribution in [0.3, 0.4) is 0 Å². The Morgan fingerprint density at radius 1 is 1.50 bits per heavy atom. The maximum absolute atomic E-state index is 5.83. The summed E-state index contributed by atoms with van der Waals surface area (Å²) in [7, 11) is 1.65. The van der Waals surface area contributed by atoms with E-state index in [0.29, 0.717) is 0 Å². The van der Waals surface area contributed by atoms with Crippen molar-refractivity contribution in [3.8, 4) is 5.75 Å². The minimum atomic E-state index is -0.0918. The average molecular weight is 214 g/mol. The standard InChI is InChI=1S/C11H15NO.ClH/c1-4-11(12)10-6-5-9(13-3)7-8(10)2;/h4-7,11H,1,12H2,2-3H3;1H/t11-;/m1./s1. The highest BCUT2D eigenvalue weighted by Crippen LogP contribution is 2.21. The highest BCUT2D eigenvalue weighted by molar-refractivity contribution is 5.85. The number of nitrogens with two attached hydrogens (primary N) is 1. The molecule has 0 amide bonds. The molecule has 0 saturated heterocycles. The minimum absolute atomic E-state index is 0. The molecule has 2 N–H and O–H groups in total. The molecule has 78 valence electrons. The lowest BCUT2D eigenvalue weighted by Gasteiger charge is -2.11. The van der Waals surface area contributed by atoms with Crippen molar-refractivity contribution < 1.29 is 4.74 Å². The molecule has 14 heavy (non-hydrogen) atoms. The van der Waals surface area contributed by atoms with Gasteiger partial charge in [-0.15, -0.1) is 19.0 Å². The third kappa shape index (κ3) is 2.76. The van der Waals surface area contributed by atoms with Gasteiger partial charge in [-0.25, -0.2) is 0 Å². The van der Waals surface area contributed by atoms with Crippen LogP contribution < -0.4 is 10.5 Å². The monoisotopic (exact) mass is 213 g/mol. The number of ether oxygens (including phenoxy) is 1. The van der Waals surface area contributed by atoms with Gasteiger partial charge in [-0.1, -0.05) is 12.1 Å². The van der Waals surface area contributed by atoms with E-state index in [2.05, 4.69) is 6.58 Å². The number of rotatable bonds is 3. The Morgan fingerprint density at radius 3 is 2.57 bits per heavy atom. The van der Waals surface area contributed by atoms with Gasteiger partial charge >= 0.3 is 0 Å². The van der Waals surface area contributed by atoms with Crippen LogP contribution in [0.4, 0.5) is 0 Å². The summed E-state index contributed by atoms with van der Waals surface area (Å²) in [6.45, 7) is 5.68. The highest BCUT2D eigenvalue weighted by atomic mass is 35.5. The number of aryl methyl sites for hydroxylation is 1. The van der Waals surface area contributed by atoms with Gasteiger partial charge in [0.1, 0.15) is 5.75 Å². The molecule has 0 spiro atoms. The second kappa shape index (κ2) is 5.68. The van der Waals surface area contributed by atoms with Crippen LogP contribution in [0, 0.1) is 6.92 Å². The summed E-state index contributed by atoms with van der Waals surface area (Å²) in [6.07, 6.45) is 1.73. The molecule has 3 heteroatoms. The van der Waals surface area contributed by atoms with Gasteiger partial charge in [-0.2, -0.15) is 0 Å². The SMILES string of the molecule is C=C[C@@H](N)c1ccc(OC)cc1C.Cl. The average Bonchev–Trinajstić information content (AvgIpc) is 2.16. The Labute approximate surface area is 91.2 Å². The van der Waals surface area contributed by atoms with Crippen LogP contribution in [-0.2, 0) is 0 Å². The van der Waals surface area contributed by atoms with Gasteiger partial charge in [0.05, 0.1) is 7.11 Å². The van der Waals surface area contributed by atoms with E-state index < -0.39 is 0 Å². The van der Waals surface area contributed by atoms with Crippen LogP contribution in [-0.4, -0.2) is 7.11 Å². The van der Waals surface area contributed by atoms with E-state index in [-0.39, 0.29) is 18.4 Å². The Morgan fingerprint density at radius 2 is 2.14 bits per heavy atom. The summed E-state index contributed by atoms with van der Waals surface area (Å²) in [6, 6.07) is 5.76. The van der Waals surface area contributed by atoms with Crippen LogP contribution in [0.25, 0.3) is 0 Å². The van der Waals surface area contributed by atoms with E-state index in [4.69, 9.17) is 10.5 Å². The molecule has 2 nitrogen and oxygen atoms in total. The van der Waals surface area contributed by atoms with E-state index in [1.807, 2.05) is 25.1 Å². The maximum atomic E-state index is 5.83. The second-order valence-electron chi connectivity index (χ2n) is 2.98. The minimum Gasteiger partial charge on any atom is -0.497 e. The third-order valence-electron chi connectivity index (χ3n) is 2.09. The van der Waals surface area contributed by atoms with Gasteiger partial charge in [-0.3, -0.25) is 0 Å². The lowest BCUT2D eigenvalue weighted by atomic mass is 10.0. The van der Waals surface area contributed by atoms with Crippen LogP contribution in [0.2, 0.25) is 0 Å². The van der Waals surface area contributed by atoms with Crippen LogP contribution in [0.15, 0.2) is 30.9 Å². The van der Waals surface area contributed by atoms with E-state index in [1.54, 1.807) is 13.2 Å². The molecule has 0 aliphatic carbocycles. The van der Waals surface area contributed by atoms with E-state index in [9.17, 15) is 0 Å².